The van der Waals surface area contributed by atoms with Crippen LogP contribution in [0, 0.1) is 0 Å². The number of hydrogen-bond donors (Lipinski definition) is 0. The third-order valence-electron chi connectivity index (χ3n) is 2.70. The predicted molar refractivity (Wildman–Crippen MR) is 66.6 cm³/mol. The van der Waals surface area contributed by atoms with E-state index in [1.807, 2.05) is 12.1 Å². The highest BCUT2D eigenvalue weighted by Crippen LogP contribution is 2.10. The van der Waals surface area contributed by atoms with Crippen molar-refractivity contribution < 1.29 is 18.3 Å². The first-order chi connectivity index (χ1) is 8.35. The van der Waals surface area contributed by atoms with Crippen LogP contribution in [-0.2, 0) is 24.9 Å². The number of hydrogen-bond acceptors (Lipinski definition) is 4. The largest absolute Gasteiger partial charge is 0.397 e. The first-order valence-electron chi connectivity index (χ1n) is 5.68. The van der Waals surface area contributed by atoms with Crippen molar-refractivity contribution in [1.29, 1.82) is 0 Å². The van der Waals surface area contributed by atoms with E-state index in [4.69, 9.17) is 18.3 Å². The summed E-state index contributed by atoms with van der Waals surface area (Å²) in [5.74, 6) is 0. The molecule has 1 saturated heterocycles. The average Bonchev–Trinajstić information content (AvgIpc) is 3.17. The summed E-state index contributed by atoms with van der Waals surface area (Å²) in [7, 11) is 1.63. The smallest absolute Gasteiger partial charge is 0.355 e. The molecule has 0 saturated carbocycles. The highest BCUT2D eigenvalue weighted by molar-refractivity contribution is 6.61. The summed E-state index contributed by atoms with van der Waals surface area (Å²) in [5, 5.41) is 1.15. The van der Waals surface area contributed by atoms with Crippen molar-refractivity contribution in [1.82, 2.24) is 0 Å². The molecular weight excluding hydrogens is 236 g/mol. The number of rotatable bonds is 7. The van der Waals surface area contributed by atoms with Gasteiger partial charge >= 0.3 is 9.28 Å². The van der Waals surface area contributed by atoms with Gasteiger partial charge in [0.1, 0.15) is 6.10 Å². The van der Waals surface area contributed by atoms with Crippen LogP contribution in [0.2, 0.25) is 0 Å². The second kappa shape index (κ2) is 6.27. The molecule has 0 amide bonds. The Morgan fingerprint density at radius 2 is 2.00 bits per heavy atom. The molecule has 1 aromatic rings. The molecule has 0 N–H and O–H groups in total. The van der Waals surface area contributed by atoms with Gasteiger partial charge in [-0.2, -0.15) is 0 Å². The number of benzene rings is 1. The molecule has 1 aliphatic rings. The van der Waals surface area contributed by atoms with E-state index in [9.17, 15) is 0 Å². The molecule has 1 aromatic carbocycles. The maximum Gasteiger partial charge on any atom is 0.355 e. The molecule has 0 spiro atoms. The Morgan fingerprint density at radius 1 is 1.29 bits per heavy atom. The molecule has 0 aromatic heterocycles. The van der Waals surface area contributed by atoms with Crippen LogP contribution < -0.4 is 5.19 Å². The quantitative estimate of drug-likeness (QED) is 0.519. The van der Waals surface area contributed by atoms with Crippen LogP contribution in [0.1, 0.15) is 5.56 Å². The molecule has 1 aliphatic heterocycles. The molecular formula is C12H18O4Si. The number of epoxide rings is 1. The van der Waals surface area contributed by atoms with Crippen molar-refractivity contribution >= 4 is 14.5 Å². The lowest BCUT2D eigenvalue weighted by Gasteiger charge is -2.15. The molecule has 2 rings (SSSR count). The van der Waals surface area contributed by atoms with Crippen LogP contribution in [0.25, 0.3) is 0 Å². The second-order valence-electron chi connectivity index (χ2n) is 3.97. The topological polar surface area (TPSA) is 40.2 Å². The first kappa shape index (κ1) is 12.7. The van der Waals surface area contributed by atoms with Crippen molar-refractivity contribution in [2.45, 2.75) is 12.7 Å². The van der Waals surface area contributed by atoms with Gasteiger partial charge in [0.25, 0.3) is 0 Å². The maximum absolute atomic E-state index is 5.61. The fourth-order valence-electron chi connectivity index (χ4n) is 1.71. The van der Waals surface area contributed by atoms with Crippen molar-refractivity contribution in [3.63, 3.8) is 0 Å². The molecule has 4 nitrogen and oxygen atoms in total. The molecule has 0 aliphatic carbocycles. The Labute approximate surface area is 103 Å². The Morgan fingerprint density at radius 3 is 2.65 bits per heavy atom. The Balaban J connectivity index is 1.97. The molecule has 94 valence electrons. The van der Waals surface area contributed by atoms with Crippen LogP contribution in [0.4, 0.5) is 0 Å². The van der Waals surface area contributed by atoms with Crippen molar-refractivity contribution in [2.24, 2.45) is 0 Å². The minimum atomic E-state index is -1.75. The predicted octanol–water partition coefficient (Wildman–Crippen LogP) is 0.322. The highest BCUT2D eigenvalue weighted by atomic mass is 28.3. The summed E-state index contributed by atoms with van der Waals surface area (Å²) < 4.78 is 21.5. The lowest BCUT2D eigenvalue weighted by atomic mass is 10.2. The fourth-order valence-corrected chi connectivity index (χ4v) is 3.16. The van der Waals surface area contributed by atoms with E-state index in [1.54, 1.807) is 14.2 Å². The van der Waals surface area contributed by atoms with Gasteiger partial charge in [0.2, 0.25) is 0 Å². The van der Waals surface area contributed by atoms with Crippen LogP contribution in [-0.4, -0.2) is 42.8 Å². The summed E-state index contributed by atoms with van der Waals surface area (Å²) in [4.78, 5) is 0. The second-order valence-corrected chi connectivity index (χ2v) is 6.20. The maximum atomic E-state index is 5.61. The minimum absolute atomic E-state index is 0.306. The molecule has 0 radical (unpaired) electrons. The Kier molecular flexibility index (Phi) is 4.70. The standard InChI is InChI=1S/C12H18O4Si/c1-13-17(14-2)12-6-4-3-5-10(12)7-15-8-11-9-16-11/h3-6,11,17H,7-9H2,1-2H3. The molecule has 1 atom stereocenters. The number of ether oxygens (including phenoxy) is 2. The third-order valence-corrected chi connectivity index (χ3v) is 4.63. The Bertz CT molecular complexity index is 350. The van der Waals surface area contributed by atoms with E-state index in [0.717, 1.165) is 17.4 Å². The van der Waals surface area contributed by atoms with Crippen LogP contribution in [0.15, 0.2) is 24.3 Å². The van der Waals surface area contributed by atoms with E-state index in [0.29, 0.717) is 19.3 Å². The zero-order valence-corrected chi connectivity index (χ0v) is 11.4. The fraction of sp³-hybridized carbons (Fsp3) is 0.500. The SMILES string of the molecule is CO[SiH](OC)c1ccccc1COCC1CO1. The minimum Gasteiger partial charge on any atom is -0.397 e. The molecule has 17 heavy (non-hydrogen) atoms. The summed E-state index contributed by atoms with van der Waals surface area (Å²) in [6.45, 7) is 2.09. The van der Waals surface area contributed by atoms with Crippen LogP contribution in [0.5, 0.6) is 0 Å². The van der Waals surface area contributed by atoms with Crippen molar-refractivity contribution in [2.75, 3.05) is 27.4 Å². The van der Waals surface area contributed by atoms with Gasteiger partial charge in [-0.1, -0.05) is 24.3 Å². The van der Waals surface area contributed by atoms with E-state index in [1.165, 1.54) is 0 Å². The van der Waals surface area contributed by atoms with Crippen LogP contribution >= 0.6 is 0 Å². The van der Waals surface area contributed by atoms with Gasteiger partial charge in [-0.05, 0) is 10.8 Å². The van der Waals surface area contributed by atoms with Gasteiger partial charge in [-0.15, -0.1) is 0 Å². The first-order valence-corrected chi connectivity index (χ1v) is 7.20. The average molecular weight is 254 g/mol. The van der Waals surface area contributed by atoms with Gasteiger partial charge in [-0.3, -0.25) is 0 Å². The van der Waals surface area contributed by atoms with Gasteiger partial charge in [0.15, 0.2) is 0 Å². The van der Waals surface area contributed by atoms with Crippen molar-refractivity contribution in [3.05, 3.63) is 29.8 Å². The molecule has 1 fully saturated rings. The lowest BCUT2D eigenvalue weighted by molar-refractivity contribution is 0.104. The van der Waals surface area contributed by atoms with E-state index < -0.39 is 9.28 Å². The summed E-state index contributed by atoms with van der Waals surface area (Å²) >= 11 is 0. The normalized spacial score (nSPS) is 18.6. The van der Waals surface area contributed by atoms with E-state index >= 15 is 0 Å². The van der Waals surface area contributed by atoms with E-state index in [-0.39, 0.29) is 0 Å². The molecule has 5 heteroatoms. The van der Waals surface area contributed by atoms with Gasteiger partial charge in [-0.25, -0.2) is 0 Å². The molecule has 1 heterocycles. The van der Waals surface area contributed by atoms with Gasteiger partial charge in [0, 0.05) is 14.2 Å². The van der Waals surface area contributed by atoms with Gasteiger partial charge in [0.05, 0.1) is 19.8 Å². The van der Waals surface area contributed by atoms with Crippen molar-refractivity contribution in [3.8, 4) is 0 Å². The van der Waals surface area contributed by atoms with Crippen LogP contribution in [0.3, 0.4) is 0 Å². The molecule has 1 unspecified atom stereocenters. The van der Waals surface area contributed by atoms with E-state index in [2.05, 4.69) is 12.1 Å². The zero-order valence-electron chi connectivity index (χ0n) is 10.2. The lowest BCUT2D eigenvalue weighted by Crippen LogP contribution is -2.37. The van der Waals surface area contributed by atoms with Gasteiger partial charge < -0.3 is 18.3 Å². The summed E-state index contributed by atoms with van der Waals surface area (Å²) in [6, 6.07) is 8.12. The molecule has 0 bridgehead atoms. The highest BCUT2D eigenvalue weighted by Gasteiger charge is 2.23. The Hall–Kier alpha value is -0.723. The monoisotopic (exact) mass is 254 g/mol. The zero-order chi connectivity index (χ0) is 12.1. The summed E-state index contributed by atoms with van der Waals surface area (Å²) in [6.07, 6.45) is 0.306. The third kappa shape index (κ3) is 3.62. The summed E-state index contributed by atoms with van der Waals surface area (Å²) in [5.41, 5.74) is 1.15.